The fourth-order valence-electron chi connectivity index (χ4n) is 1.99. The molecule has 0 atom stereocenters. The predicted molar refractivity (Wildman–Crippen MR) is 66.9 cm³/mol. The molecule has 0 aliphatic heterocycles. The highest BCUT2D eigenvalue weighted by atomic mass is 19.1. The van der Waals surface area contributed by atoms with Crippen molar-refractivity contribution < 1.29 is 4.39 Å². The fourth-order valence-corrected chi connectivity index (χ4v) is 1.99. The summed E-state index contributed by atoms with van der Waals surface area (Å²) in [6.07, 6.45) is 2.56. The van der Waals surface area contributed by atoms with E-state index in [4.69, 9.17) is 0 Å². The smallest absolute Gasteiger partial charge is 0.160 e. The van der Waals surface area contributed by atoms with Gasteiger partial charge < -0.3 is 0 Å². The second-order valence-corrected chi connectivity index (χ2v) is 4.36. The van der Waals surface area contributed by atoms with Crippen LogP contribution in [0, 0.1) is 12.7 Å². The molecular weight excluding hydrogens is 229 g/mol. The second-order valence-electron chi connectivity index (χ2n) is 4.36. The van der Waals surface area contributed by atoms with Gasteiger partial charge in [-0.05, 0) is 36.2 Å². The molecule has 3 rings (SSSR count). The maximum absolute atomic E-state index is 13.1. The number of halogens is 1. The summed E-state index contributed by atoms with van der Waals surface area (Å²) in [7, 11) is 0. The van der Waals surface area contributed by atoms with Crippen LogP contribution in [0.15, 0.2) is 42.6 Å². The van der Waals surface area contributed by atoms with Gasteiger partial charge in [-0.3, -0.25) is 4.40 Å². The fraction of sp³-hybridized carbons (Fsp3) is 0.143. The van der Waals surface area contributed by atoms with Crippen molar-refractivity contribution in [2.24, 2.45) is 0 Å². The number of rotatable bonds is 2. The van der Waals surface area contributed by atoms with E-state index in [0.717, 1.165) is 22.6 Å². The Bertz CT molecular complexity index is 703. The van der Waals surface area contributed by atoms with Gasteiger partial charge in [-0.25, -0.2) is 4.39 Å². The van der Waals surface area contributed by atoms with Crippen molar-refractivity contribution in [3.8, 4) is 0 Å². The molecule has 0 aliphatic carbocycles. The van der Waals surface area contributed by atoms with Crippen LogP contribution < -0.4 is 0 Å². The number of fused-ring (bicyclic) bond motifs is 1. The molecule has 2 heterocycles. The molecule has 90 valence electrons. The molecule has 3 aromatic rings. The lowest BCUT2D eigenvalue weighted by Crippen LogP contribution is -1.97. The summed E-state index contributed by atoms with van der Waals surface area (Å²) in [5, 5.41) is 8.25. The van der Waals surface area contributed by atoms with E-state index in [2.05, 4.69) is 10.2 Å². The summed E-state index contributed by atoms with van der Waals surface area (Å²) in [5.41, 5.74) is 2.85. The molecule has 0 unspecified atom stereocenters. The summed E-state index contributed by atoms with van der Waals surface area (Å²) in [6, 6.07) is 10.5. The number of hydrogen-bond acceptors (Lipinski definition) is 2. The van der Waals surface area contributed by atoms with Gasteiger partial charge in [0, 0.05) is 12.6 Å². The molecule has 1 aromatic carbocycles. The van der Waals surface area contributed by atoms with Gasteiger partial charge in [-0.1, -0.05) is 18.2 Å². The summed E-state index contributed by atoms with van der Waals surface area (Å²) in [4.78, 5) is 0. The van der Waals surface area contributed by atoms with Crippen molar-refractivity contribution in [1.82, 2.24) is 14.6 Å². The Balaban J connectivity index is 2.02. The highest BCUT2D eigenvalue weighted by Crippen LogP contribution is 2.12. The zero-order chi connectivity index (χ0) is 12.5. The summed E-state index contributed by atoms with van der Waals surface area (Å²) >= 11 is 0. The maximum atomic E-state index is 13.1. The van der Waals surface area contributed by atoms with Crippen LogP contribution >= 0.6 is 0 Å². The van der Waals surface area contributed by atoms with Gasteiger partial charge in [0.15, 0.2) is 5.65 Å². The molecule has 18 heavy (non-hydrogen) atoms. The number of hydrogen-bond donors (Lipinski definition) is 0. The molecule has 0 bridgehead atoms. The Morgan fingerprint density at radius 2 is 2.06 bits per heavy atom. The monoisotopic (exact) mass is 241 g/mol. The first-order valence-corrected chi connectivity index (χ1v) is 5.77. The third-order valence-electron chi connectivity index (χ3n) is 2.87. The number of pyridine rings is 1. The van der Waals surface area contributed by atoms with Crippen LogP contribution in [-0.4, -0.2) is 14.6 Å². The van der Waals surface area contributed by atoms with Gasteiger partial charge >= 0.3 is 0 Å². The number of nitrogens with zero attached hydrogens (tertiary/aromatic N) is 3. The van der Waals surface area contributed by atoms with Crippen LogP contribution in [0.3, 0.4) is 0 Å². The van der Waals surface area contributed by atoms with E-state index in [1.54, 1.807) is 6.07 Å². The van der Waals surface area contributed by atoms with Gasteiger partial charge in [0.1, 0.15) is 11.6 Å². The van der Waals surface area contributed by atoms with Crippen molar-refractivity contribution in [2.45, 2.75) is 13.3 Å². The van der Waals surface area contributed by atoms with Gasteiger partial charge in [0.25, 0.3) is 0 Å². The standard InChI is InChI=1S/C14H12FN3/c1-10-5-6-13-16-17-14(18(13)9-10)8-11-3-2-4-12(15)7-11/h2-7,9H,8H2,1H3. The van der Waals surface area contributed by atoms with E-state index in [9.17, 15) is 4.39 Å². The highest BCUT2D eigenvalue weighted by Gasteiger charge is 2.06. The van der Waals surface area contributed by atoms with Crippen molar-refractivity contribution in [3.63, 3.8) is 0 Å². The highest BCUT2D eigenvalue weighted by molar-refractivity contribution is 5.40. The van der Waals surface area contributed by atoms with E-state index in [-0.39, 0.29) is 5.82 Å². The number of aromatic nitrogens is 3. The number of benzene rings is 1. The molecular formula is C14H12FN3. The van der Waals surface area contributed by atoms with Gasteiger partial charge in [-0.15, -0.1) is 10.2 Å². The molecule has 0 saturated heterocycles. The molecule has 4 heteroatoms. The Kier molecular flexibility index (Phi) is 2.55. The molecule has 0 saturated carbocycles. The molecule has 0 aliphatic rings. The Morgan fingerprint density at radius 1 is 1.17 bits per heavy atom. The molecule has 3 nitrogen and oxygen atoms in total. The van der Waals surface area contributed by atoms with E-state index in [1.807, 2.05) is 35.7 Å². The summed E-state index contributed by atoms with van der Waals surface area (Å²) in [5.74, 6) is 0.594. The summed E-state index contributed by atoms with van der Waals surface area (Å²) in [6.45, 7) is 2.02. The third kappa shape index (κ3) is 1.97. The predicted octanol–water partition coefficient (Wildman–Crippen LogP) is 2.77. The molecule has 0 radical (unpaired) electrons. The molecule has 2 aromatic heterocycles. The van der Waals surface area contributed by atoms with E-state index in [1.165, 1.54) is 12.1 Å². The van der Waals surface area contributed by atoms with E-state index in [0.29, 0.717) is 6.42 Å². The van der Waals surface area contributed by atoms with E-state index >= 15 is 0 Å². The summed E-state index contributed by atoms with van der Waals surface area (Å²) < 4.78 is 15.1. The number of aryl methyl sites for hydroxylation is 1. The average Bonchev–Trinajstić information content (AvgIpc) is 2.72. The minimum absolute atomic E-state index is 0.225. The molecule has 0 fully saturated rings. The third-order valence-corrected chi connectivity index (χ3v) is 2.87. The SMILES string of the molecule is Cc1ccc2nnc(Cc3cccc(F)c3)n2c1. The topological polar surface area (TPSA) is 30.2 Å². The normalized spacial score (nSPS) is 11.0. The maximum Gasteiger partial charge on any atom is 0.160 e. The van der Waals surface area contributed by atoms with Crippen molar-refractivity contribution >= 4 is 5.65 Å². The zero-order valence-corrected chi connectivity index (χ0v) is 9.97. The average molecular weight is 241 g/mol. The van der Waals surface area contributed by atoms with Gasteiger partial charge in [0.2, 0.25) is 0 Å². The first kappa shape index (κ1) is 10.9. The van der Waals surface area contributed by atoms with Crippen LogP contribution in [0.4, 0.5) is 4.39 Å². The minimum atomic E-state index is -0.225. The van der Waals surface area contributed by atoms with Crippen LogP contribution in [0.5, 0.6) is 0 Å². The quantitative estimate of drug-likeness (QED) is 0.690. The Hall–Kier alpha value is -2.23. The van der Waals surface area contributed by atoms with Crippen LogP contribution in [0.2, 0.25) is 0 Å². The van der Waals surface area contributed by atoms with Crippen molar-refractivity contribution in [3.05, 3.63) is 65.4 Å². The van der Waals surface area contributed by atoms with E-state index < -0.39 is 0 Å². The largest absolute Gasteiger partial charge is 0.286 e. The van der Waals surface area contributed by atoms with Gasteiger partial charge in [-0.2, -0.15) is 0 Å². The Morgan fingerprint density at radius 3 is 2.89 bits per heavy atom. The van der Waals surface area contributed by atoms with Gasteiger partial charge in [0.05, 0.1) is 0 Å². The first-order valence-electron chi connectivity index (χ1n) is 5.77. The van der Waals surface area contributed by atoms with Crippen molar-refractivity contribution in [1.29, 1.82) is 0 Å². The molecule has 0 amide bonds. The van der Waals surface area contributed by atoms with Crippen LogP contribution in [-0.2, 0) is 6.42 Å². The van der Waals surface area contributed by atoms with Crippen molar-refractivity contribution in [2.75, 3.05) is 0 Å². The lowest BCUT2D eigenvalue weighted by Gasteiger charge is -2.01. The molecule has 0 spiro atoms. The lowest BCUT2D eigenvalue weighted by atomic mass is 10.1. The lowest BCUT2D eigenvalue weighted by molar-refractivity contribution is 0.625. The van der Waals surface area contributed by atoms with Crippen LogP contribution in [0.1, 0.15) is 17.0 Å². The first-order chi connectivity index (χ1) is 8.72. The minimum Gasteiger partial charge on any atom is -0.286 e. The Labute approximate surface area is 104 Å². The second kappa shape index (κ2) is 4.22. The molecule has 0 N–H and O–H groups in total. The zero-order valence-electron chi connectivity index (χ0n) is 9.97. The van der Waals surface area contributed by atoms with Crippen LogP contribution in [0.25, 0.3) is 5.65 Å².